The lowest BCUT2D eigenvalue weighted by atomic mass is 9.87. The number of rotatable bonds is 25. The molecule has 62 heavy (non-hydrogen) atoms. The molecule has 2 heterocycles. The standard InChI is InChI=1S/C37H43N7O17S/c1-37(2,3)26-12-14-27(15-13-26)62(51,52)42(25-58-36(46)57-21-19-54-20-24-60-44(49)50)34-31(61-29-10-6-5-9-28(29)53-4)35(41-33(40-34)32-38-16-8-17-39-32)56-23-22-55-30(45)11-7-18-59-43(47)48/h5-6,8-10,12-17H,7,11,18-25H2,1-4H3. The highest BCUT2D eigenvalue weighted by molar-refractivity contribution is 7.92. The summed E-state index contributed by atoms with van der Waals surface area (Å²) in [6.45, 7) is 2.51. The monoisotopic (exact) mass is 889 g/mol. The molecule has 2 aromatic carbocycles. The van der Waals surface area contributed by atoms with Gasteiger partial charge in [-0.3, -0.25) is 4.79 Å². The van der Waals surface area contributed by atoms with Gasteiger partial charge in [0.05, 0.1) is 31.8 Å². The maximum Gasteiger partial charge on any atom is 0.510 e. The van der Waals surface area contributed by atoms with Crippen LogP contribution in [-0.2, 0) is 48.9 Å². The van der Waals surface area contributed by atoms with Crippen molar-refractivity contribution in [3.8, 4) is 34.8 Å². The van der Waals surface area contributed by atoms with E-state index in [4.69, 9.17) is 33.2 Å². The number of para-hydroxylation sites is 2. The maximum atomic E-state index is 14.8. The van der Waals surface area contributed by atoms with Crippen LogP contribution in [0.4, 0.5) is 10.6 Å². The minimum Gasteiger partial charge on any atom is -0.493 e. The fourth-order valence-corrected chi connectivity index (χ4v) is 6.21. The van der Waals surface area contributed by atoms with Gasteiger partial charge >= 0.3 is 12.1 Å². The van der Waals surface area contributed by atoms with E-state index in [0.717, 1.165) is 5.56 Å². The molecule has 0 atom stereocenters. The van der Waals surface area contributed by atoms with Gasteiger partial charge in [-0.2, -0.15) is 4.98 Å². The van der Waals surface area contributed by atoms with Gasteiger partial charge < -0.3 is 42.8 Å². The van der Waals surface area contributed by atoms with E-state index in [1.54, 1.807) is 30.3 Å². The third-order valence-electron chi connectivity index (χ3n) is 7.89. The predicted molar refractivity (Wildman–Crippen MR) is 211 cm³/mol. The summed E-state index contributed by atoms with van der Waals surface area (Å²) in [5.41, 5.74) is 0.457. The van der Waals surface area contributed by atoms with Crippen LogP contribution in [-0.4, -0.2) is 111 Å². The van der Waals surface area contributed by atoms with Crippen LogP contribution in [0.2, 0.25) is 0 Å². The van der Waals surface area contributed by atoms with Crippen molar-refractivity contribution in [2.45, 2.75) is 43.9 Å². The molecule has 0 unspecified atom stereocenters. The SMILES string of the molecule is COc1ccccc1Oc1c(OCCOC(=O)CCCO[N+](=O)[O-])nc(-c2ncccn2)nc1N(COC(=O)OCCOCCO[N+](=O)[O-])S(=O)(=O)c1ccc(C(C)(C)C)cc1. The highest BCUT2D eigenvalue weighted by Crippen LogP contribution is 2.43. The van der Waals surface area contributed by atoms with Crippen LogP contribution < -0.4 is 18.5 Å². The van der Waals surface area contributed by atoms with Gasteiger partial charge in [-0.15, -0.1) is 20.2 Å². The van der Waals surface area contributed by atoms with Crippen LogP contribution in [0, 0.1) is 20.2 Å². The molecule has 2 aromatic heterocycles. The first-order chi connectivity index (χ1) is 29.6. The number of methoxy groups -OCH3 is 1. The van der Waals surface area contributed by atoms with E-state index >= 15 is 0 Å². The second kappa shape index (κ2) is 23.0. The molecule has 4 aromatic rings. The van der Waals surface area contributed by atoms with Gasteiger partial charge in [-0.25, -0.2) is 32.5 Å². The molecule has 0 radical (unpaired) electrons. The first-order valence-corrected chi connectivity index (χ1v) is 19.9. The number of esters is 1. The summed E-state index contributed by atoms with van der Waals surface area (Å²) >= 11 is 0. The minimum absolute atomic E-state index is 0.00132. The molecule has 0 aliphatic rings. The van der Waals surface area contributed by atoms with Crippen molar-refractivity contribution in [3.63, 3.8) is 0 Å². The van der Waals surface area contributed by atoms with Gasteiger partial charge in [-0.05, 0) is 47.7 Å². The summed E-state index contributed by atoms with van der Waals surface area (Å²) < 4.78 is 68.6. The zero-order valence-electron chi connectivity index (χ0n) is 33.9. The highest BCUT2D eigenvalue weighted by Gasteiger charge is 2.35. The molecule has 25 heteroatoms. The van der Waals surface area contributed by atoms with Gasteiger partial charge in [-0.1, -0.05) is 45.0 Å². The molecule has 0 aliphatic heterocycles. The quantitative estimate of drug-likeness (QED) is 0.0291. The number of carbonyl (C=O) groups is 2. The van der Waals surface area contributed by atoms with Gasteiger partial charge in [0.25, 0.3) is 26.1 Å². The summed E-state index contributed by atoms with van der Waals surface area (Å²) in [6, 6.07) is 13.8. The second-order valence-corrected chi connectivity index (χ2v) is 15.1. The maximum absolute atomic E-state index is 14.8. The van der Waals surface area contributed by atoms with Crippen LogP contribution in [0.25, 0.3) is 11.6 Å². The first kappa shape index (κ1) is 47.5. The number of nitrogens with zero attached hydrogens (tertiary/aromatic N) is 7. The smallest absolute Gasteiger partial charge is 0.493 e. The van der Waals surface area contributed by atoms with Crippen molar-refractivity contribution in [3.05, 3.63) is 92.8 Å². The summed E-state index contributed by atoms with van der Waals surface area (Å²) in [4.78, 5) is 71.4. The molecule has 334 valence electrons. The number of ether oxygens (including phenoxy) is 7. The lowest BCUT2D eigenvalue weighted by molar-refractivity contribution is -0.758. The Bertz CT molecular complexity index is 2230. The van der Waals surface area contributed by atoms with E-state index < -0.39 is 69.7 Å². The number of sulfonamides is 1. The van der Waals surface area contributed by atoms with Crippen molar-refractivity contribution in [1.29, 1.82) is 0 Å². The first-order valence-electron chi connectivity index (χ1n) is 18.4. The van der Waals surface area contributed by atoms with Crippen molar-refractivity contribution >= 4 is 28.0 Å². The van der Waals surface area contributed by atoms with Crippen molar-refractivity contribution < 1.29 is 71.0 Å². The fraction of sp³-hybridized carbons (Fsp3) is 0.405. The van der Waals surface area contributed by atoms with Crippen LogP contribution in [0.1, 0.15) is 39.2 Å². The molecule has 0 saturated heterocycles. The van der Waals surface area contributed by atoms with Gasteiger partial charge in [0.2, 0.25) is 11.6 Å². The molecular weight excluding hydrogens is 847 g/mol. The topological polar surface area (TPSA) is 292 Å². The van der Waals surface area contributed by atoms with Gasteiger partial charge in [0.15, 0.2) is 29.9 Å². The number of hydrogen-bond donors (Lipinski definition) is 0. The highest BCUT2D eigenvalue weighted by atomic mass is 32.2. The lowest BCUT2D eigenvalue weighted by Crippen LogP contribution is -2.36. The fourth-order valence-electron chi connectivity index (χ4n) is 4.93. The third kappa shape index (κ3) is 14.5. The van der Waals surface area contributed by atoms with Gasteiger partial charge in [0.1, 0.15) is 26.4 Å². The zero-order valence-corrected chi connectivity index (χ0v) is 34.7. The summed E-state index contributed by atoms with van der Waals surface area (Å²) in [6.07, 6.45) is 1.22. The molecule has 4 rings (SSSR count). The predicted octanol–water partition coefficient (Wildman–Crippen LogP) is 4.47. The number of carbonyl (C=O) groups excluding carboxylic acids is 2. The number of hydrogen-bond acceptors (Lipinski definition) is 21. The molecular formula is C37H43N7O17S. The van der Waals surface area contributed by atoms with E-state index in [0.29, 0.717) is 4.31 Å². The van der Waals surface area contributed by atoms with E-state index in [-0.39, 0.29) is 79.3 Å². The Balaban J connectivity index is 1.79. The van der Waals surface area contributed by atoms with Crippen molar-refractivity contribution in [2.75, 3.05) is 64.4 Å². The average molecular weight is 890 g/mol. The van der Waals surface area contributed by atoms with E-state index in [1.807, 2.05) is 20.8 Å². The molecule has 0 fully saturated rings. The Kier molecular flexibility index (Phi) is 17.6. The summed E-state index contributed by atoms with van der Waals surface area (Å²) in [7, 11) is -3.40. The summed E-state index contributed by atoms with van der Waals surface area (Å²) in [5.74, 6) is -2.29. The van der Waals surface area contributed by atoms with Crippen molar-refractivity contribution in [1.82, 2.24) is 19.9 Å². The Morgan fingerprint density at radius 2 is 1.40 bits per heavy atom. The second-order valence-electron chi connectivity index (χ2n) is 13.2. The number of anilines is 1. The number of benzene rings is 2. The Hall–Kier alpha value is -7.15. The van der Waals surface area contributed by atoms with Gasteiger partial charge in [0, 0.05) is 18.8 Å². The average Bonchev–Trinajstić information content (AvgIpc) is 3.24. The third-order valence-corrected chi connectivity index (χ3v) is 9.61. The number of aromatic nitrogens is 4. The van der Waals surface area contributed by atoms with Crippen LogP contribution in [0.3, 0.4) is 0 Å². The molecule has 24 nitrogen and oxygen atoms in total. The molecule has 0 spiro atoms. The summed E-state index contributed by atoms with van der Waals surface area (Å²) in [5, 5.41) is 18.8. The van der Waals surface area contributed by atoms with Crippen LogP contribution >= 0.6 is 0 Å². The molecule has 0 bridgehead atoms. The zero-order chi connectivity index (χ0) is 45.1. The van der Waals surface area contributed by atoms with E-state index in [1.165, 1.54) is 43.8 Å². The molecule has 0 N–H and O–H groups in total. The van der Waals surface area contributed by atoms with Crippen molar-refractivity contribution in [2.24, 2.45) is 0 Å². The molecule has 0 saturated carbocycles. The minimum atomic E-state index is -4.77. The van der Waals surface area contributed by atoms with Crippen LogP contribution in [0.15, 0.2) is 71.9 Å². The van der Waals surface area contributed by atoms with E-state index in [9.17, 15) is 38.2 Å². The largest absolute Gasteiger partial charge is 0.510 e. The van der Waals surface area contributed by atoms with Crippen LogP contribution in [0.5, 0.6) is 23.1 Å². The lowest BCUT2D eigenvalue weighted by Gasteiger charge is -2.26. The Labute approximate surface area is 354 Å². The van der Waals surface area contributed by atoms with E-state index in [2.05, 4.69) is 29.6 Å². The Morgan fingerprint density at radius 1 is 0.758 bits per heavy atom. The Morgan fingerprint density at radius 3 is 2.06 bits per heavy atom. The molecule has 0 amide bonds. The molecule has 0 aliphatic carbocycles. The normalized spacial score (nSPS) is 11.2.